The summed E-state index contributed by atoms with van der Waals surface area (Å²) in [7, 11) is 1.66. The van der Waals surface area contributed by atoms with Gasteiger partial charge in [-0.2, -0.15) is 0 Å². The van der Waals surface area contributed by atoms with Gasteiger partial charge in [-0.3, -0.25) is 0 Å². The van der Waals surface area contributed by atoms with E-state index < -0.39 is 0 Å². The molecule has 3 aromatic heterocycles. The standard InChI is InChI=1S/C18H17N5OS2/c1-4-23-15(12-7-5-6-8-14(12)24-3)21-22-18(23)26-17-13-9-11(2)25-16(13)19-10-20-17/h5-10H,4H2,1-3H3. The molecule has 0 unspecified atom stereocenters. The van der Waals surface area contributed by atoms with Gasteiger partial charge in [0.15, 0.2) is 11.0 Å². The van der Waals surface area contributed by atoms with Crippen molar-refractivity contribution in [2.75, 3.05) is 7.11 Å². The topological polar surface area (TPSA) is 65.7 Å². The summed E-state index contributed by atoms with van der Waals surface area (Å²) in [6.45, 7) is 4.91. The number of benzene rings is 1. The maximum absolute atomic E-state index is 5.48. The maximum atomic E-state index is 5.48. The zero-order valence-electron chi connectivity index (χ0n) is 14.6. The first-order valence-electron chi connectivity index (χ1n) is 8.16. The average molecular weight is 384 g/mol. The highest BCUT2D eigenvalue weighted by molar-refractivity contribution is 7.99. The second-order valence-electron chi connectivity index (χ2n) is 5.61. The molecule has 26 heavy (non-hydrogen) atoms. The van der Waals surface area contributed by atoms with Gasteiger partial charge in [-0.1, -0.05) is 12.1 Å². The van der Waals surface area contributed by atoms with Gasteiger partial charge in [0, 0.05) is 16.8 Å². The van der Waals surface area contributed by atoms with Gasteiger partial charge in [0.1, 0.15) is 21.9 Å². The van der Waals surface area contributed by atoms with Crippen LogP contribution in [-0.4, -0.2) is 31.8 Å². The van der Waals surface area contributed by atoms with Crippen molar-refractivity contribution in [3.63, 3.8) is 0 Å². The van der Waals surface area contributed by atoms with E-state index in [2.05, 4.69) is 44.6 Å². The van der Waals surface area contributed by atoms with Crippen molar-refractivity contribution in [1.29, 1.82) is 0 Å². The molecule has 0 spiro atoms. The number of nitrogens with zero attached hydrogens (tertiary/aromatic N) is 5. The fraction of sp³-hybridized carbons (Fsp3) is 0.222. The van der Waals surface area contributed by atoms with Gasteiger partial charge in [-0.25, -0.2) is 9.97 Å². The van der Waals surface area contributed by atoms with Gasteiger partial charge in [-0.15, -0.1) is 21.5 Å². The van der Waals surface area contributed by atoms with Crippen LogP contribution in [0.3, 0.4) is 0 Å². The van der Waals surface area contributed by atoms with E-state index in [-0.39, 0.29) is 0 Å². The third-order valence-corrected chi connectivity index (χ3v) is 5.95. The lowest BCUT2D eigenvalue weighted by molar-refractivity contribution is 0.416. The molecule has 0 aliphatic heterocycles. The normalized spacial score (nSPS) is 11.2. The molecule has 8 heteroatoms. The smallest absolute Gasteiger partial charge is 0.197 e. The zero-order valence-corrected chi connectivity index (χ0v) is 16.3. The Hall–Kier alpha value is -2.45. The summed E-state index contributed by atoms with van der Waals surface area (Å²) in [6.07, 6.45) is 1.61. The van der Waals surface area contributed by atoms with Crippen LogP contribution in [-0.2, 0) is 6.54 Å². The molecule has 0 fully saturated rings. The highest BCUT2D eigenvalue weighted by Gasteiger charge is 2.18. The molecule has 0 amide bonds. The largest absolute Gasteiger partial charge is 0.496 e. The fourth-order valence-corrected chi connectivity index (χ4v) is 4.66. The van der Waals surface area contributed by atoms with Gasteiger partial charge in [0.25, 0.3) is 0 Å². The first-order chi connectivity index (χ1) is 12.7. The van der Waals surface area contributed by atoms with Crippen molar-refractivity contribution in [1.82, 2.24) is 24.7 Å². The molecule has 0 atom stereocenters. The lowest BCUT2D eigenvalue weighted by Crippen LogP contribution is -2.01. The lowest BCUT2D eigenvalue weighted by Gasteiger charge is -2.10. The minimum atomic E-state index is 0.750. The van der Waals surface area contributed by atoms with Crippen molar-refractivity contribution < 1.29 is 4.74 Å². The summed E-state index contributed by atoms with van der Waals surface area (Å²) in [6, 6.07) is 9.96. The number of ether oxygens (including phenoxy) is 1. The zero-order chi connectivity index (χ0) is 18.1. The molecule has 132 valence electrons. The Kier molecular flexibility index (Phi) is 4.60. The van der Waals surface area contributed by atoms with Crippen LogP contribution in [0.15, 0.2) is 46.8 Å². The van der Waals surface area contributed by atoms with Crippen LogP contribution in [0.2, 0.25) is 0 Å². The lowest BCUT2D eigenvalue weighted by atomic mass is 10.2. The number of para-hydroxylation sites is 1. The Labute approximate surface area is 159 Å². The number of aryl methyl sites for hydroxylation is 1. The van der Waals surface area contributed by atoms with Crippen molar-refractivity contribution >= 4 is 33.3 Å². The molecule has 4 aromatic rings. The van der Waals surface area contributed by atoms with Crippen LogP contribution in [0, 0.1) is 6.92 Å². The average Bonchev–Trinajstić information content (AvgIpc) is 3.24. The van der Waals surface area contributed by atoms with Crippen molar-refractivity contribution in [3.8, 4) is 17.1 Å². The molecule has 0 N–H and O–H groups in total. The second-order valence-corrected chi connectivity index (χ2v) is 7.80. The fourth-order valence-electron chi connectivity index (χ4n) is 2.80. The molecular weight excluding hydrogens is 366 g/mol. The van der Waals surface area contributed by atoms with E-state index >= 15 is 0 Å². The Balaban J connectivity index is 1.77. The van der Waals surface area contributed by atoms with E-state index in [1.54, 1.807) is 24.8 Å². The third kappa shape index (κ3) is 2.95. The van der Waals surface area contributed by atoms with Crippen LogP contribution < -0.4 is 4.74 Å². The van der Waals surface area contributed by atoms with Crippen LogP contribution >= 0.6 is 23.1 Å². The number of thiophene rings is 1. The predicted molar refractivity (Wildman–Crippen MR) is 104 cm³/mol. The highest BCUT2D eigenvalue weighted by atomic mass is 32.2. The van der Waals surface area contributed by atoms with Crippen molar-refractivity contribution in [2.45, 2.75) is 30.6 Å². The summed E-state index contributed by atoms with van der Waals surface area (Å²) < 4.78 is 7.56. The van der Waals surface area contributed by atoms with E-state index in [0.29, 0.717) is 0 Å². The molecule has 0 aliphatic rings. The van der Waals surface area contributed by atoms with Gasteiger partial charge >= 0.3 is 0 Å². The Bertz CT molecular complexity index is 1070. The summed E-state index contributed by atoms with van der Waals surface area (Å²) in [5.41, 5.74) is 0.926. The minimum Gasteiger partial charge on any atom is -0.496 e. The summed E-state index contributed by atoms with van der Waals surface area (Å²) in [5, 5.41) is 11.6. The molecule has 3 heterocycles. The number of rotatable bonds is 5. The molecule has 6 nitrogen and oxygen atoms in total. The first-order valence-corrected chi connectivity index (χ1v) is 9.80. The monoisotopic (exact) mass is 383 g/mol. The summed E-state index contributed by atoms with van der Waals surface area (Å²) in [5.74, 6) is 1.57. The quantitative estimate of drug-likeness (QED) is 0.475. The third-order valence-electron chi connectivity index (χ3n) is 3.98. The number of hydrogen-bond acceptors (Lipinski definition) is 7. The highest BCUT2D eigenvalue weighted by Crippen LogP contribution is 2.36. The van der Waals surface area contributed by atoms with Gasteiger partial charge < -0.3 is 9.30 Å². The summed E-state index contributed by atoms with van der Waals surface area (Å²) >= 11 is 3.18. The molecular formula is C18H17N5OS2. The van der Waals surface area contributed by atoms with Gasteiger partial charge in [0.2, 0.25) is 0 Å². The molecule has 0 saturated heterocycles. The van der Waals surface area contributed by atoms with E-state index in [4.69, 9.17) is 4.74 Å². The molecule has 0 bridgehead atoms. The molecule has 0 aliphatic carbocycles. The van der Waals surface area contributed by atoms with Crippen LogP contribution in [0.5, 0.6) is 5.75 Å². The van der Waals surface area contributed by atoms with E-state index in [0.717, 1.165) is 44.1 Å². The van der Waals surface area contributed by atoms with Gasteiger partial charge in [-0.05, 0) is 43.8 Å². The molecule has 4 rings (SSSR count). The molecule has 0 radical (unpaired) electrons. The molecule has 0 saturated carbocycles. The van der Waals surface area contributed by atoms with Crippen LogP contribution in [0.25, 0.3) is 21.6 Å². The number of hydrogen-bond donors (Lipinski definition) is 0. The van der Waals surface area contributed by atoms with Crippen LogP contribution in [0.4, 0.5) is 0 Å². The number of fused-ring (bicyclic) bond motifs is 1. The molecule has 1 aromatic carbocycles. The minimum absolute atomic E-state index is 0.750. The predicted octanol–water partition coefficient (Wildman–Crippen LogP) is 4.44. The number of aromatic nitrogens is 5. The SMILES string of the molecule is CCn1c(Sc2ncnc3sc(C)cc23)nnc1-c1ccccc1OC. The number of methoxy groups -OCH3 is 1. The first kappa shape index (κ1) is 17.0. The van der Waals surface area contributed by atoms with E-state index in [1.165, 1.54) is 16.6 Å². The van der Waals surface area contributed by atoms with Gasteiger partial charge in [0.05, 0.1) is 12.7 Å². The Morgan fingerprint density at radius 2 is 2.04 bits per heavy atom. The van der Waals surface area contributed by atoms with Crippen molar-refractivity contribution in [3.05, 3.63) is 41.5 Å². The van der Waals surface area contributed by atoms with Crippen molar-refractivity contribution in [2.24, 2.45) is 0 Å². The second kappa shape index (κ2) is 7.05. The summed E-state index contributed by atoms with van der Waals surface area (Å²) in [4.78, 5) is 11.0. The van der Waals surface area contributed by atoms with E-state index in [1.807, 2.05) is 24.3 Å². The van der Waals surface area contributed by atoms with Crippen LogP contribution in [0.1, 0.15) is 11.8 Å². The maximum Gasteiger partial charge on any atom is 0.197 e. The Morgan fingerprint density at radius 1 is 1.19 bits per heavy atom. The van der Waals surface area contributed by atoms with E-state index in [9.17, 15) is 0 Å². The Morgan fingerprint density at radius 3 is 2.85 bits per heavy atom.